The summed E-state index contributed by atoms with van der Waals surface area (Å²) in [6.07, 6.45) is 3.75. The maximum Gasteiger partial charge on any atom is 0.255 e. The van der Waals surface area contributed by atoms with Gasteiger partial charge in [-0.2, -0.15) is 0 Å². The van der Waals surface area contributed by atoms with E-state index in [0.717, 1.165) is 0 Å². The molecule has 2 rings (SSSR count). The highest BCUT2D eigenvalue weighted by atomic mass is 16.2. The Morgan fingerprint density at radius 2 is 1.89 bits per heavy atom. The second-order valence-corrected chi connectivity index (χ2v) is 4.27. The van der Waals surface area contributed by atoms with Gasteiger partial charge in [0.1, 0.15) is 0 Å². The lowest BCUT2D eigenvalue weighted by atomic mass is 10.2. The van der Waals surface area contributed by atoms with Gasteiger partial charge in [0.2, 0.25) is 5.91 Å². The van der Waals surface area contributed by atoms with Gasteiger partial charge in [0.25, 0.3) is 5.91 Å². The summed E-state index contributed by atoms with van der Waals surface area (Å²) in [5.74, 6) is 0.148. The van der Waals surface area contributed by atoms with Crippen LogP contribution in [0.1, 0.15) is 23.7 Å². The van der Waals surface area contributed by atoms with Crippen molar-refractivity contribution in [2.45, 2.75) is 13.3 Å². The van der Waals surface area contributed by atoms with Crippen LogP contribution in [-0.4, -0.2) is 52.8 Å². The summed E-state index contributed by atoms with van der Waals surface area (Å²) in [4.78, 5) is 31.2. The van der Waals surface area contributed by atoms with Gasteiger partial charge in [-0.05, 0) is 12.1 Å². The summed E-state index contributed by atoms with van der Waals surface area (Å²) in [5, 5.41) is 0. The van der Waals surface area contributed by atoms with Crippen molar-refractivity contribution in [3.8, 4) is 0 Å². The average Bonchev–Trinajstić information content (AvgIpc) is 2.47. The first-order chi connectivity index (χ1) is 8.72. The minimum absolute atomic E-state index is 0.00769. The van der Waals surface area contributed by atoms with Gasteiger partial charge in [0.15, 0.2) is 0 Å². The molecule has 0 unspecified atom stereocenters. The molecular formula is C13H17N3O2. The molecule has 1 aromatic heterocycles. The van der Waals surface area contributed by atoms with Gasteiger partial charge in [0.05, 0.1) is 5.56 Å². The predicted molar refractivity (Wildman–Crippen MR) is 67.0 cm³/mol. The molecule has 0 N–H and O–H groups in total. The molecule has 0 atom stereocenters. The van der Waals surface area contributed by atoms with Gasteiger partial charge in [-0.3, -0.25) is 14.6 Å². The number of nitrogens with zero attached hydrogens (tertiary/aromatic N) is 3. The lowest BCUT2D eigenvalue weighted by molar-refractivity contribution is -0.132. The van der Waals surface area contributed by atoms with Crippen molar-refractivity contribution in [1.82, 2.24) is 14.8 Å². The lowest BCUT2D eigenvalue weighted by Gasteiger charge is -2.34. The molecule has 5 heteroatoms. The van der Waals surface area contributed by atoms with Gasteiger partial charge in [-0.15, -0.1) is 0 Å². The average molecular weight is 247 g/mol. The zero-order chi connectivity index (χ0) is 13.0. The van der Waals surface area contributed by atoms with E-state index in [1.807, 2.05) is 11.8 Å². The molecule has 2 amide bonds. The highest BCUT2D eigenvalue weighted by molar-refractivity contribution is 5.94. The summed E-state index contributed by atoms with van der Waals surface area (Å²) in [5.41, 5.74) is 0.604. The van der Waals surface area contributed by atoms with Gasteiger partial charge >= 0.3 is 0 Å². The Morgan fingerprint density at radius 1 is 1.22 bits per heavy atom. The molecular weight excluding hydrogens is 230 g/mol. The Labute approximate surface area is 106 Å². The molecule has 5 nitrogen and oxygen atoms in total. The van der Waals surface area contributed by atoms with Gasteiger partial charge in [-0.25, -0.2) is 0 Å². The maximum absolute atomic E-state index is 12.1. The number of hydrogen-bond donors (Lipinski definition) is 0. The van der Waals surface area contributed by atoms with Crippen LogP contribution in [-0.2, 0) is 4.79 Å². The topological polar surface area (TPSA) is 53.5 Å². The smallest absolute Gasteiger partial charge is 0.255 e. The van der Waals surface area contributed by atoms with E-state index in [4.69, 9.17) is 0 Å². The summed E-state index contributed by atoms with van der Waals surface area (Å²) in [6, 6.07) is 3.52. The monoisotopic (exact) mass is 247 g/mol. The fourth-order valence-corrected chi connectivity index (χ4v) is 2.05. The number of pyridine rings is 1. The molecule has 1 aliphatic heterocycles. The number of carbonyl (C=O) groups excluding carboxylic acids is 2. The molecule has 0 aromatic carbocycles. The summed E-state index contributed by atoms with van der Waals surface area (Å²) in [6.45, 7) is 4.30. The quantitative estimate of drug-likeness (QED) is 0.776. The molecule has 0 spiro atoms. The van der Waals surface area contributed by atoms with Crippen LogP contribution in [0.2, 0.25) is 0 Å². The molecule has 0 bridgehead atoms. The molecule has 1 fully saturated rings. The lowest BCUT2D eigenvalue weighted by Crippen LogP contribution is -2.50. The summed E-state index contributed by atoms with van der Waals surface area (Å²) >= 11 is 0. The van der Waals surface area contributed by atoms with E-state index in [2.05, 4.69) is 4.98 Å². The Hall–Kier alpha value is -1.91. The zero-order valence-corrected chi connectivity index (χ0v) is 10.5. The van der Waals surface area contributed by atoms with Crippen molar-refractivity contribution in [2.24, 2.45) is 0 Å². The van der Waals surface area contributed by atoms with Gasteiger partial charge in [-0.1, -0.05) is 6.92 Å². The van der Waals surface area contributed by atoms with E-state index in [1.165, 1.54) is 0 Å². The summed E-state index contributed by atoms with van der Waals surface area (Å²) in [7, 11) is 0. The Bertz CT molecular complexity index is 425. The number of hydrogen-bond acceptors (Lipinski definition) is 3. The van der Waals surface area contributed by atoms with E-state index >= 15 is 0 Å². The van der Waals surface area contributed by atoms with Crippen molar-refractivity contribution in [1.29, 1.82) is 0 Å². The fourth-order valence-electron chi connectivity index (χ4n) is 2.05. The highest BCUT2D eigenvalue weighted by Gasteiger charge is 2.23. The van der Waals surface area contributed by atoms with Crippen LogP contribution in [0.4, 0.5) is 0 Å². The first kappa shape index (κ1) is 12.5. The maximum atomic E-state index is 12.1. The van der Waals surface area contributed by atoms with Crippen LogP contribution in [0.15, 0.2) is 24.5 Å². The number of rotatable bonds is 2. The third-order valence-corrected chi connectivity index (χ3v) is 3.13. The second-order valence-electron chi connectivity index (χ2n) is 4.27. The van der Waals surface area contributed by atoms with Gasteiger partial charge in [0, 0.05) is 45.0 Å². The fraction of sp³-hybridized carbons (Fsp3) is 0.462. The first-order valence-corrected chi connectivity index (χ1v) is 6.19. The van der Waals surface area contributed by atoms with E-state index < -0.39 is 0 Å². The largest absolute Gasteiger partial charge is 0.339 e. The molecule has 96 valence electrons. The van der Waals surface area contributed by atoms with Crippen molar-refractivity contribution in [2.75, 3.05) is 26.2 Å². The molecule has 0 saturated carbocycles. The van der Waals surface area contributed by atoms with Crippen molar-refractivity contribution in [3.05, 3.63) is 30.1 Å². The third kappa shape index (κ3) is 2.67. The van der Waals surface area contributed by atoms with Crippen molar-refractivity contribution in [3.63, 3.8) is 0 Å². The standard InChI is InChI=1S/C13H17N3O2/c1-2-12(17)15-6-8-16(9-7-15)13(18)11-4-3-5-14-10-11/h3-5,10H,2,6-9H2,1H3. The van der Waals surface area contributed by atoms with Crippen LogP contribution in [0.5, 0.6) is 0 Å². The van der Waals surface area contributed by atoms with Crippen LogP contribution in [0.25, 0.3) is 0 Å². The Kier molecular flexibility index (Phi) is 3.92. The minimum Gasteiger partial charge on any atom is -0.339 e. The highest BCUT2D eigenvalue weighted by Crippen LogP contribution is 2.08. The SMILES string of the molecule is CCC(=O)N1CCN(C(=O)c2cccnc2)CC1. The predicted octanol–water partition coefficient (Wildman–Crippen LogP) is 0.776. The number of piperazine rings is 1. The van der Waals surface area contributed by atoms with E-state index in [0.29, 0.717) is 38.2 Å². The first-order valence-electron chi connectivity index (χ1n) is 6.19. The van der Waals surface area contributed by atoms with Gasteiger partial charge < -0.3 is 9.80 Å². The van der Waals surface area contributed by atoms with Crippen molar-refractivity contribution >= 4 is 11.8 Å². The second kappa shape index (κ2) is 5.62. The normalized spacial score (nSPS) is 15.6. The number of aromatic nitrogens is 1. The molecule has 0 aliphatic carbocycles. The van der Waals surface area contributed by atoms with Crippen LogP contribution in [0.3, 0.4) is 0 Å². The molecule has 0 radical (unpaired) electrons. The Morgan fingerprint density at radius 3 is 2.44 bits per heavy atom. The molecule has 18 heavy (non-hydrogen) atoms. The van der Waals surface area contributed by atoms with Crippen LogP contribution < -0.4 is 0 Å². The van der Waals surface area contributed by atoms with Crippen molar-refractivity contribution < 1.29 is 9.59 Å². The molecule has 2 heterocycles. The zero-order valence-electron chi connectivity index (χ0n) is 10.5. The number of carbonyl (C=O) groups is 2. The van der Waals surface area contributed by atoms with E-state index in [-0.39, 0.29) is 11.8 Å². The van der Waals surface area contributed by atoms with Crippen LogP contribution in [0, 0.1) is 0 Å². The number of amides is 2. The molecule has 1 saturated heterocycles. The van der Waals surface area contributed by atoms with E-state index in [1.54, 1.807) is 29.4 Å². The van der Waals surface area contributed by atoms with E-state index in [9.17, 15) is 9.59 Å². The molecule has 1 aliphatic rings. The summed E-state index contributed by atoms with van der Waals surface area (Å²) < 4.78 is 0. The van der Waals surface area contributed by atoms with Crippen LogP contribution >= 0.6 is 0 Å². The minimum atomic E-state index is -0.00769. The third-order valence-electron chi connectivity index (χ3n) is 3.13. The molecule has 1 aromatic rings. The Balaban J connectivity index is 1.94.